The molecule has 0 aromatic rings. The van der Waals surface area contributed by atoms with Gasteiger partial charge in [-0.2, -0.15) is 0 Å². The van der Waals surface area contributed by atoms with Crippen molar-refractivity contribution in [1.29, 1.82) is 0 Å². The molecule has 146 valence electrons. The third-order valence-corrected chi connectivity index (χ3v) is 6.06. The van der Waals surface area contributed by atoms with E-state index in [4.69, 9.17) is 18.9 Å². The summed E-state index contributed by atoms with van der Waals surface area (Å²) in [5.41, 5.74) is 1.39. The Balaban J connectivity index is 1.65. The van der Waals surface area contributed by atoms with E-state index in [9.17, 15) is 0 Å². The SMILES string of the molecule is CC(C)(C)CC(C)(C)C12OC(CC3=CC=CC3)C(O1)C1OC(C)(C)OC12. The highest BCUT2D eigenvalue weighted by Crippen LogP contribution is 2.60. The Labute approximate surface area is 157 Å². The second-order valence-electron chi connectivity index (χ2n) is 10.7. The second-order valence-corrected chi connectivity index (χ2v) is 10.7. The summed E-state index contributed by atoms with van der Waals surface area (Å²) in [5.74, 6) is -1.34. The van der Waals surface area contributed by atoms with Crippen LogP contribution < -0.4 is 0 Å². The van der Waals surface area contributed by atoms with Gasteiger partial charge in [-0.1, -0.05) is 58.4 Å². The highest BCUT2D eigenvalue weighted by atomic mass is 16.8. The molecule has 5 unspecified atom stereocenters. The zero-order valence-electron chi connectivity index (χ0n) is 17.3. The molecule has 3 saturated heterocycles. The van der Waals surface area contributed by atoms with E-state index in [1.165, 1.54) is 5.57 Å². The van der Waals surface area contributed by atoms with Crippen molar-refractivity contribution in [3.05, 3.63) is 23.8 Å². The number of fused-ring (bicyclic) bond motifs is 5. The van der Waals surface area contributed by atoms with Crippen molar-refractivity contribution >= 4 is 0 Å². The molecule has 0 radical (unpaired) electrons. The van der Waals surface area contributed by atoms with Crippen LogP contribution in [0.4, 0.5) is 0 Å². The topological polar surface area (TPSA) is 36.9 Å². The van der Waals surface area contributed by atoms with Crippen molar-refractivity contribution < 1.29 is 18.9 Å². The van der Waals surface area contributed by atoms with E-state index in [0.717, 1.165) is 19.3 Å². The number of allylic oxidation sites excluding steroid dienone is 3. The lowest BCUT2D eigenvalue weighted by atomic mass is 9.69. The molecule has 4 rings (SSSR count). The van der Waals surface area contributed by atoms with Crippen molar-refractivity contribution in [3.8, 4) is 0 Å². The van der Waals surface area contributed by atoms with Crippen molar-refractivity contribution in [2.75, 3.05) is 0 Å². The first-order chi connectivity index (χ1) is 11.9. The molecule has 4 aliphatic rings. The molecule has 26 heavy (non-hydrogen) atoms. The first kappa shape index (κ1) is 18.7. The molecule has 0 saturated carbocycles. The minimum absolute atomic E-state index is 0.0270. The van der Waals surface area contributed by atoms with Gasteiger partial charge < -0.3 is 18.9 Å². The van der Waals surface area contributed by atoms with Crippen LogP contribution in [0.1, 0.15) is 67.7 Å². The van der Waals surface area contributed by atoms with E-state index in [2.05, 4.69) is 52.8 Å². The van der Waals surface area contributed by atoms with E-state index < -0.39 is 11.6 Å². The maximum Gasteiger partial charge on any atom is 0.203 e. The quantitative estimate of drug-likeness (QED) is 0.724. The Kier molecular flexibility index (Phi) is 4.07. The summed E-state index contributed by atoms with van der Waals surface area (Å²) in [6.45, 7) is 15.3. The monoisotopic (exact) mass is 362 g/mol. The molecule has 1 aliphatic carbocycles. The molecule has 0 N–H and O–H groups in total. The minimum Gasteiger partial charge on any atom is -0.342 e. The molecule has 0 aromatic carbocycles. The fraction of sp³-hybridized carbons (Fsp3) is 0.818. The molecule has 0 aromatic heterocycles. The van der Waals surface area contributed by atoms with E-state index in [1.54, 1.807) is 0 Å². The Morgan fingerprint density at radius 1 is 1.00 bits per heavy atom. The fourth-order valence-corrected chi connectivity index (χ4v) is 5.55. The third kappa shape index (κ3) is 2.90. The first-order valence-electron chi connectivity index (χ1n) is 9.98. The predicted molar refractivity (Wildman–Crippen MR) is 101 cm³/mol. The molecule has 3 heterocycles. The van der Waals surface area contributed by atoms with Gasteiger partial charge in [-0.15, -0.1) is 0 Å². The molecule has 4 heteroatoms. The zero-order chi connectivity index (χ0) is 19.0. The van der Waals surface area contributed by atoms with Crippen molar-refractivity contribution in [2.45, 2.75) is 104 Å². The summed E-state index contributed by atoms with van der Waals surface area (Å²) in [6, 6.07) is 0. The first-order valence-corrected chi connectivity index (χ1v) is 9.98. The highest BCUT2D eigenvalue weighted by Gasteiger charge is 2.74. The summed E-state index contributed by atoms with van der Waals surface area (Å²) in [5, 5.41) is 0. The van der Waals surface area contributed by atoms with Crippen LogP contribution in [0.5, 0.6) is 0 Å². The summed E-state index contributed by atoms with van der Waals surface area (Å²) >= 11 is 0. The van der Waals surface area contributed by atoms with E-state index in [1.807, 2.05) is 13.8 Å². The van der Waals surface area contributed by atoms with Gasteiger partial charge in [0, 0.05) is 5.41 Å². The van der Waals surface area contributed by atoms with Crippen LogP contribution in [0.3, 0.4) is 0 Å². The van der Waals surface area contributed by atoms with Crippen LogP contribution >= 0.6 is 0 Å². The zero-order valence-corrected chi connectivity index (χ0v) is 17.3. The number of rotatable bonds is 4. The fourth-order valence-electron chi connectivity index (χ4n) is 5.55. The van der Waals surface area contributed by atoms with E-state index >= 15 is 0 Å². The van der Waals surface area contributed by atoms with Crippen LogP contribution in [0.2, 0.25) is 0 Å². The van der Waals surface area contributed by atoms with Gasteiger partial charge in [-0.25, -0.2) is 0 Å². The maximum absolute atomic E-state index is 6.73. The molecular formula is C22H34O4. The number of hydrogen-bond acceptors (Lipinski definition) is 4. The van der Waals surface area contributed by atoms with Crippen LogP contribution in [0, 0.1) is 10.8 Å². The van der Waals surface area contributed by atoms with Crippen LogP contribution in [0.25, 0.3) is 0 Å². The van der Waals surface area contributed by atoms with Gasteiger partial charge in [0.05, 0.1) is 6.10 Å². The minimum atomic E-state index is -0.749. The smallest absolute Gasteiger partial charge is 0.203 e. The maximum atomic E-state index is 6.73. The lowest BCUT2D eigenvalue weighted by Crippen LogP contribution is -2.58. The largest absolute Gasteiger partial charge is 0.342 e. The molecule has 0 spiro atoms. The molecule has 3 aliphatic heterocycles. The summed E-state index contributed by atoms with van der Waals surface area (Å²) in [4.78, 5) is 0. The Bertz CT molecular complexity index is 639. The van der Waals surface area contributed by atoms with Crippen molar-refractivity contribution in [1.82, 2.24) is 0 Å². The van der Waals surface area contributed by atoms with E-state index in [0.29, 0.717) is 0 Å². The van der Waals surface area contributed by atoms with Gasteiger partial charge in [0.15, 0.2) is 5.79 Å². The van der Waals surface area contributed by atoms with Gasteiger partial charge in [0.25, 0.3) is 0 Å². The van der Waals surface area contributed by atoms with Gasteiger partial charge in [-0.3, -0.25) is 0 Å². The van der Waals surface area contributed by atoms with Gasteiger partial charge in [0.2, 0.25) is 5.79 Å². The molecule has 5 atom stereocenters. The lowest BCUT2D eigenvalue weighted by molar-refractivity contribution is -0.294. The predicted octanol–water partition coefficient (Wildman–Crippen LogP) is 4.74. The third-order valence-electron chi connectivity index (χ3n) is 6.06. The van der Waals surface area contributed by atoms with Crippen molar-refractivity contribution in [2.24, 2.45) is 10.8 Å². The summed E-state index contributed by atoms with van der Waals surface area (Å²) in [7, 11) is 0. The molecule has 4 nitrogen and oxygen atoms in total. The molecule has 3 fully saturated rings. The highest BCUT2D eigenvalue weighted by molar-refractivity contribution is 5.25. The average Bonchev–Trinajstić information content (AvgIpc) is 3.16. The normalized spacial score (nSPS) is 41.0. The van der Waals surface area contributed by atoms with Gasteiger partial charge in [-0.05, 0) is 38.5 Å². The summed E-state index contributed by atoms with van der Waals surface area (Å²) < 4.78 is 26.0. The Morgan fingerprint density at radius 2 is 1.73 bits per heavy atom. The molecule has 2 bridgehead atoms. The number of hydrogen-bond donors (Lipinski definition) is 0. The lowest BCUT2D eigenvalue weighted by Gasteiger charge is -2.47. The van der Waals surface area contributed by atoms with E-state index in [-0.39, 0.29) is 35.2 Å². The molecular weight excluding hydrogens is 328 g/mol. The standard InChI is InChI=1S/C22H34O4/c1-19(2,3)13-20(4,5)22-18-17(24-21(6,7)26-18)16(25-22)15(23-22)12-14-10-8-9-11-14/h8-10,15-18H,11-13H2,1-7H3. The molecule has 0 amide bonds. The van der Waals surface area contributed by atoms with Gasteiger partial charge >= 0.3 is 0 Å². The van der Waals surface area contributed by atoms with Gasteiger partial charge in [0.1, 0.15) is 18.3 Å². The van der Waals surface area contributed by atoms with Crippen LogP contribution in [0.15, 0.2) is 23.8 Å². The second kappa shape index (κ2) is 5.66. The summed E-state index contributed by atoms with van der Waals surface area (Å²) in [6.07, 6.45) is 9.16. The Hall–Kier alpha value is -0.680. The Morgan fingerprint density at radius 3 is 2.35 bits per heavy atom. The average molecular weight is 363 g/mol. The number of ether oxygens (including phenoxy) is 4. The van der Waals surface area contributed by atoms with Crippen molar-refractivity contribution in [3.63, 3.8) is 0 Å². The van der Waals surface area contributed by atoms with Crippen LogP contribution in [-0.2, 0) is 18.9 Å². The van der Waals surface area contributed by atoms with Crippen LogP contribution in [-0.4, -0.2) is 36.0 Å².